The fraction of sp³-hybridized carbons (Fsp3) is 0.370. The highest BCUT2D eigenvalue weighted by Crippen LogP contribution is 2.37. The summed E-state index contributed by atoms with van der Waals surface area (Å²) >= 11 is 6.23. The highest BCUT2D eigenvalue weighted by Gasteiger charge is 2.29. The van der Waals surface area contributed by atoms with Crippen molar-refractivity contribution in [1.29, 1.82) is 0 Å². The van der Waals surface area contributed by atoms with Crippen molar-refractivity contribution >= 4 is 30.3 Å². The molecule has 5 rings (SSSR count). The standard InChI is InChI=1S/C27H28F2N4O3S2/c28-20-9-8-17(14-21(20)29)36-13-11-30-15-25(34)32-12-10-22-19(16-32)26(35)33(23-6-1-2-7-24(23)37)27(31-22)38-18-4-3-5-18/h1-2,6-9,14,18,30,37H,3-5,10-13,15-16H2. The van der Waals surface area contributed by atoms with Gasteiger partial charge in [0, 0.05) is 35.7 Å². The van der Waals surface area contributed by atoms with E-state index in [1.54, 1.807) is 21.2 Å². The van der Waals surface area contributed by atoms with E-state index in [2.05, 4.69) is 17.9 Å². The topological polar surface area (TPSA) is 76.5 Å². The number of thioether (sulfide) groups is 1. The summed E-state index contributed by atoms with van der Waals surface area (Å²) in [7, 11) is 0. The molecule has 0 saturated heterocycles. The van der Waals surface area contributed by atoms with Crippen LogP contribution in [0.5, 0.6) is 5.75 Å². The lowest BCUT2D eigenvalue weighted by Gasteiger charge is -2.30. The molecule has 38 heavy (non-hydrogen) atoms. The van der Waals surface area contributed by atoms with Gasteiger partial charge in [-0.1, -0.05) is 30.3 Å². The lowest BCUT2D eigenvalue weighted by Crippen LogP contribution is -2.44. The number of halogens is 2. The van der Waals surface area contributed by atoms with E-state index in [1.165, 1.54) is 12.5 Å². The van der Waals surface area contributed by atoms with Crippen molar-refractivity contribution in [2.45, 2.75) is 47.5 Å². The minimum Gasteiger partial charge on any atom is -0.492 e. The molecule has 0 atom stereocenters. The van der Waals surface area contributed by atoms with Crippen molar-refractivity contribution in [2.75, 3.05) is 26.2 Å². The predicted molar refractivity (Wildman–Crippen MR) is 144 cm³/mol. The van der Waals surface area contributed by atoms with Crippen LogP contribution in [0.3, 0.4) is 0 Å². The van der Waals surface area contributed by atoms with Gasteiger partial charge in [-0.3, -0.25) is 14.2 Å². The van der Waals surface area contributed by atoms with E-state index in [-0.39, 0.29) is 36.9 Å². The molecule has 0 spiro atoms. The average Bonchev–Trinajstić information content (AvgIpc) is 2.88. The Labute approximate surface area is 229 Å². The van der Waals surface area contributed by atoms with Crippen LogP contribution in [0.25, 0.3) is 5.69 Å². The Bertz CT molecular complexity index is 1400. The van der Waals surface area contributed by atoms with Gasteiger partial charge in [-0.05, 0) is 37.1 Å². The second-order valence-electron chi connectivity index (χ2n) is 9.29. The Morgan fingerprint density at radius 1 is 1.18 bits per heavy atom. The van der Waals surface area contributed by atoms with Crippen LogP contribution in [0.15, 0.2) is 57.3 Å². The summed E-state index contributed by atoms with van der Waals surface area (Å²) in [6.07, 6.45) is 3.93. The lowest BCUT2D eigenvalue weighted by molar-refractivity contribution is -0.131. The zero-order valence-electron chi connectivity index (χ0n) is 20.7. The summed E-state index contributed by atoms with van der Waals surface area (Å²) in [6, 6.07) is 10.8. The first kappa shape index (κ1) is 26.7. The summed E-state index contributed by atoms with van der Waals surface area (Å²) < 4.78 is 33.3. The van der Waals surface area contributed by atoms with Crippen molar-refractivity contribution in [3.63, 3.8) is 0 Å². The lowest BCUT2D eigenvalue weighted by atomic mass is 10.0. The van der Waals surface area contributed by atoms with Crippen LogP contribution in [0.2, 0.25) is 0 Å². The number of hydrogen-bond acceptors (Lipinski definition) is 7. The van der Waals surface area contributed by atoms with Crippen molar-refractivity contribution in [3.8, 4) is 11.4 Å². The Morgan fingerprint density at radius 2 is 2.00 bits per heavy atom. The van der Waals surface area contributed by atoms with E-state index < -0.39 is 11.6 Å². The van der Waals surface area contributed by atoms with Gasteiger partial charge in [0.2, 0.25) is 5.91 Å². The zero-order valence-corrected chi connectivity index (χ0v) is 22.4. The number of hydrogen-bond donors (Lipinski definition) is 2. The van der Waals surface area contributed by atoms with Gasteiger partial charge < -0.3 is 15.0 Å². The summed E-state index contributed by atoms with van der Waals surface area (Å²) in [5.74, 6) is -1.84. The van der Waals surface area contributed by atoms with Crippen LogP contribution in [0, 0.1) is 11.6 Å². The molecule has 0 bridgehead atoms. The number of rotatable bonds is 9. The summed E-state index contributed by atoms with van der Waals surface area (Å²) in [4.78, 5) is 33.9. The van der Waals surface area contributed by atoms with Crippen LogP contribution in [0.4, 0.5) is 8.78 Å². The molecule has 1 aromatic heterocycles. The summed E-state index contributed by atoms with van der Waals surface area (Å²) in [5, 5.41) is 4.15. The number of ether oxygens (including phenoxy) is 1. The van der Waals surface area contributed by atoms with Crippen LogP contribution < -0.4 is 15.6 Å². The van der Waals surface area contributed by atoms with E-state index in [1.807, 2.05) is 24.3 Å². The van der Waals surface area contributed by atoms with E-state index in [4.69, 9.17) is 9.72 Å². The maximum atomic E-state index is 13.8. The Hall–Kier alpha value is -2.89. The number of carbonyl (C=O) groups is 1. The predicted octanol–water partition coefficient (Wildman–Crippen LogP) is 4.00. The molecule has 1 amide bonds. The van der Waals surface area contributed by atoms with Gasteiger partial charge >= 0.3 is 0 Å². The minimum absolute atomic E-state index is 0.0627. The maximum absolute atomic E-state index is 13.8. The fourth-order valence-electron chi connectivity index (χ4n) is 4.36. The van der Waals surface area contributed by atoms with Crippen LogP contribution in [0.1, 0.15) is 30.5 Å². The molecule has 3 aromatic rings. The van der Waals surface area contributed by atoms with Gasteiger partial charge in [-0.15, -0.1) is 12.6 Å². The summed E-state index contributed by atoms with van der Waals surface area (Å²) in [6.45, 7) is 1.25. The average molecular weight is 559 g/mol. The number of para-hydroxylation sites is 1. The number of carbonyl (C=O) groups excluding carboxylic acids is 1. The Morgan fingerprint density at radius 3 is 2.74 bits per heavy atom. The van der Waals surface area contributed by atoms with Gasteiger partial charge in [0.15, 0.2) is 16.8 Å². The third-order valence-corrected chi connectivity index (χ3v) is 8.38. The molecule has 1 N–H and O–H groups in total. The van der Waals surface area contributed by atoms with Crippen molar-refractivity contribution in [2.24, 2.45) is 0 Å². The van der Waals surface area contributed by atoms with Crippen molar-refractivity contribution in [1.82, 2.24) is 19.8 Å². The Balaban J connectivity index is 1.25. The van der Waals surface area contributed by atoms with Crippen LogP contribution in [-0.4, -0.2) is 51.8 Å². The van der Waals surface area contributed by atoms with E-state index in [0.29, 0.717) is 46.1 Å². The molecule has 1 saturated carbocycles. The molecule has 11 heteroatoms. The van der Waals surface area contributed by atoms with Crippen LogP contribution in [-0.2, 0) is 17.8 Å². The summed E-state index contributed by atoms with van der Waals surface area (Å²) in [5.41, 5.74) is 1.80. The molecule has 1 aliphatic heterocycles. The zero-order chi connectivity index (χ0) is 26.6. The molecule has 2 heterocycles. The van der Waals surface area contributed by atoms with E-state index in [9.17, 15) is 18.4 Å². The number of nitrogens with zero attached hydrogens (tertiary/aromatic N) is 3. The molecule has 1 aliphatic carbocycles. The molecule has 200 valence electrons. The van der Waals surface area contributed by atoms with E-state index >= 15 is 0 Å². The van der Waals surface area contributed by atoms with Crippen LogP contribution >= 0.6 is 24.4 Å². The third kappa shape index (κ3) is 5.89. The highest BCUT2D eigenvalue weighted by molar-refractivity contribution is 7.99. The number of aromatic nitrogens is 2. The minimum atomic E-state index is -0.976. The second-order valence-corrected chi connectivity index (χ2v) is 11.0. The number of fused-ring (bicyclic) bond motifs is 1. The SMILES string of the molecule is O=C(CNCCOc1ccc(F)c(F)c1)N1CCc2nc(SC3CCC3)n(-c3ccccc3S)c(=O)c2C1. The van der Waals surface area contributed by atoms with Crippen molar-refractivity contribution in [3.05, 3.63) is 75.7 Å². The quantitative estimate of drug-likeness (QED) is 0.235. The number of nitrogens with one attached hydrogen (secondary N) is 1. The second kappa shape index (κ2) is 11.9. The van der Waals surface area contributed by atoms with Gasteiger partial charge in [-0.25, -0.2) is 13.8 Å². The van der Waals surface area contributed by atoms with Gasteiger partial charge in [0.1, 0.15) is 12.4 Å². The molecule has 7 nitrogen and oxygen atoms in total. The Kier molecular flexibility index (Phi) is 8.35. The van der Waals surface area contributed by atoms with Crippen molar-refractivity contribution < 1.29 is 18.3 Å². The first-order valence-electron chi connectivity index (χ1n) is 12.6. The first-order chi connectivity index (χ1) is 18.4. The van der Waals surface area contributed by atoms with E-state index in [0.717, 1.165) is 30.7 Å². The molecule has 0 radical (unpaired) electrons. The molecule has 0 unspecified atom stereocenters. The normalized spacial score (nSPS) is 15.2. The molecule has 1 fully saturated rings. The smallest absolute Gasteiger partial charge is 0.264 e. The first-order valence-corrected chi connectivity index (χ1v) is 13.9. The monoisotopic (exact) mass is 558 g/mol. The number of benzene rings is 2. The third-order valence-electron chi connectivity index (χ3n) is 6.71. The largest absolute Gasteiger partial charge is 0.492 e. The molecule has 2 aromatic carbocycles. The fourth-order valence-corrected chi connectivity index (χ4v) is 5.94. The molecular weight excluding hydrogens is 530 g/mol. The van der Waals surface area contributed by atoms with Gasteiger partial charge in [0.05, 0.1) is 30.0 Å². The highest BCUT2D eigenvalue weighted by atomic mass is 32.2. The number of amides is 1. The number of thiol groups is 1. The van der Waals surface area contributed by atoms with Gasteiger partial charge in [-0.2, -0.15) is 0 Å². The molecule has 2 aliphatic rings. The van der Waals surface area contributed by atoms with Gasteiger partial charge in [0.25, 0.3) is 5.56 Å². The maximum Gasteiger partial charge on any atom is 0.264 e. The molecular formula is C27H28F2N4O3S2.